The van der Waals surface area contributed by atoms with Crippen LogP contribution in [0.1, 0.15) is 76.3 Å². The highest BCUT2D eigenvalue weighted by atomic mass is 16.6. The summed E-state index contributed by atoms with van der Waals surface area (Å²) in [6, 6.07) is 11.7. The van der Waals surface area contributed by atoms with Crippen molar-refractivity contribution in [3.8, 4) is 0 Å². The Labute approximate surface area is 222 Å². The lowest BCUT2D eigenvalue weighted by atomic mass is 9.95. The second-order valence-electron chi connectivity index (χ2n) is 11.0. The number of nitrogens with one attached hydrogen (secondary N) is 2. The molecule has 7 heteroatoms. The molecule has 0 saturated carbocycles. The highest BCUT2D eigenvalue weighted by molar-refractivity contribution is 5.99. The molecule has 0 saturated heterocycles. The highest BCUT2D eigenvalue weighted by Crippen LogP contribution is 2.29. The first-order chi connectivity index (χ1) is 17.2. The first-order valence-electron chi connectivity index (χ1n) is 13.0. The fourth-order valence-corrected chi connectivity index (χ4v) is 4.31. The van der Waals surface area contributed by atoms with Crippen molar-refractivity contribution < 1.29 is 19.1 Å². The molecular formula is C30H43N3O4. The first kappa shape index (κ1) is 29.9. The van der Waals surface area contributed by atoms with Gasteiger partial charge < -0.3 is 20.3 Å². The van der Waals surface area contributed by atoms with Gasteiger partial charge in [-0.15, -0.1) is 0 Å². The van der Waals surface area contributed by atoms with Gasteiger partial charge in [0, 0.05) is 12.2 Å². The molecule has 0 spiro atoms. The topological polar surface area (TPSA) is 87.7 Å². The summed E-state index contributed by atoms with van der Waals surface area (Å²) < 4.78 is 5.43. The first-order valence-corrected chi connectivity index (χ1v) is 13.0. The molecule has 2 unspecified atom stereocenters. The molecule has 7 nitrogen and oxygen atoms in total. The van der Waals surface area contributed by atoms with Gasteiger partial charge in [0.1, 0.15) is 17.7 Å². The summed E-state index contributed by atoms with van der Waals surface area (Å²) in [4.78, 5) is 42.0. The Hall–Kier alpha value is -3.35. The second kappa shape index (κ2) is 12.7. The van der Waals surface area contributed by atoms with Crippen molar-refractivity contribution >= 4 is 23.6 Å². The Morgan fingerprint density at radius 3 is 2.16 bits per heavy atom. The molecule has 0 aliphatic heterocycles. The van der Waals surface area contributed by atoms with Crippen LogP contribution in [0.25, 0.3) is 0 Å². The van der Waals surface area contributed by atoms with Crippen molar-refractivity contribution in [1.82, 2.24) is 10.2 Å². The third kappa shape index (κ3) is 8.62. The number of anilines is 1. The molecule has 2 rings (SSSR count). The number of likely N-dealkylation sites (N-methyl/N-ethyl adjacent to an activating group) is 1. The van der Waals surface area contributed by atoms with Crippen LogP contribution in [0, 0.1) is 26.7 Å². The molecule has 0 aliphatic rings. The fraction of sp³-hybridized carbons (Fsp3) is 0.500. The van der Waals surface area contributed by atoms with Crippen LogP contribution in [0.2, 0.25) is 0 Å². The van der Waals surface area contributed by atoms with E-state index < -0.39 is 23.8 Å². The number of hydrogen-bond acceptors (Lipinski definition) is 4. The van der Waals surface area contributed by atoms with E-state index in [2.05, 4.69) is 10.6 Å². The van der Waals surface area contributed by atoms with Crippen molar-refractivity contribution in [2.75, 3.05) is 11.9 Å². The summed E-state index contributed by atoms with van der Waals surface area (Å²) in [6.07, 6.45) is -0.247. The summed E-state index contributed by atoms with van der Waals surface area (Å²) in [7, 11) is 0. The third-order valence-corrected chi connectivity index (χ3v) is 6.00. The number of hydrogen-bond donors (Lipinski definition) is 2. The molecule has 0 bridgehead atoms. The maximum absolute atomic E-state index is 14.0. The lowest BCUT2D eigenvalue weighted by Gasteiger charge is -2.35. The van der Waals surface area contributed by atoms with E-state index in [-0.39, 0.29) is 24.3 Å². The van der Waals surface area contributed by atoms with Crippen LogP contribution < -0.4 is 10.6 Å². The van der Waals surface area contributed by atoms with Gasteiger partial charge in [-0.3, -0.25) is 9.59 Å². The van der Waals surface area contributed by atoms with E-state index in [4.69, 9.17) is 4.74 Å². The number of alkyl carbamates (subject to hydrolysis) is 1. The van der Waals surface area contributed by atoms with Gasteiger partial charge in [-0.2, -0.15) is 0 Å². The smallest absolute Gasteiger partial charge is 0.408 e. The van der Waals surface area contributed by atoms with Crippen molar-refractivity contribution in [2.24, 2.45) is 5.92 Å². The molecule has 2 aromatic rings. The van der Waals surface area contributed by atoms with Crippen LogP contribution in [0.15, 0.2) is 42.5 Å². The lowest BCUT2D eigenvalue weighted by molar-refractivity contribution is -0.140. The average Bonchev–Trinajstić information content (AvgIpc) is 2.77. The molecular weight excluding hydrogens is 466 g/mol. The number of carbonyl (C=O) groups excluding carboxylic acids is 3. The van der Waals surface area contributed by atoms with Crippen molar-refractivity contribution in [2.45, 2.75) is 86.4 Å². The summed E-state index contributed by atoms with van der Waals surface area (Å²) >= 11 is 0. The molecule has 2 aromatic carbocycles. The Balaban J connectivity index is 2.51. The van der Waals surface area contributed by atoms with Gasteiger partial charge in [0.15, 0.2) is 0 Å². The number of aryl methyl sites for hydroxylation is 3. The number of para-hydroxylation sites is 1. The lowest BCUT2D eigenvalue weighted by Crippen LogP contribution is -2.52. The van der Waals surface area contributed by atoms with E-state index in [0.717, 1.165) is 22.3 Å². The molecule has 2 atom stereocenters. The van der Waals surface area contributed by atoms with Gasteiger partial charge in [-0.05, 0) is 83.6 Å². The third-order valence-electron chi connectivity index (χ3n) is 6.00. The molecule has 0 radical (unpaired) electrons. The summed E-state index contributed by atoms with van der Waals surface area (Å²) in [5.41, 5.74) is 3.64. The predicted molar refractivity (Wildman–Crippen MR) is 148 cm³/mol. The predicted octanol–water partition coefficient (Wildman–Crippen LogP) is 6.08. The molecule has 37 heavy (non-hydrogen) atoms. The monoisotopic (exact) mass is 509 g/mol. The molecule has 3 amide bonds. The van der Waals surface area contributed by atoms with E-state index in [0.29, 0.717) is 12.1 Å². The molecule has 0 heterocycles. The Morgan fingerprint density at radius 1 is 0.973 bits per heavy atom. The highest BCUT2D eigenvalue weighted by Gasteiger charge is 2.36. The van der Waals surface area contributed by atoms with E-state index in [1.54, 1.807) is 25.7 Å². The fourth-order valence-electron chi connectivity index (χ4n) is 4.31. The van der Waals surface area contributed by atoms with Gasteiger partial charge in [0.05, 0.1) is 0 Å². The molecule has 0 aliphatic carbocycles. The van der Waals surface area contributed by atoms with E-state index in [9.17, 15) is 14.4 Å². The maximum Gasteiger partial charge on any atom is 0.408 e. The SMILES string of the molecule is CCN(C(=O)C(CC(C)C)NC(=O)OC(C)(C)C)C(C(=O)Nc1ccccc1C)c1ccc(C)cc1C. The van der Waals surface area contributed by atoms with Gasteiger partial charge in [-0.25, -0.2) is 4.79 Å². The van der Waals surface area contributed by atoms with Crippen LogP contribution in [0.3, 0.4) is 0 Å². The summed E-state index contributed by atoms with van der Waals surface area (Å²) in [6.45, 7) is 17.3. The molecule has 202 valence electrons. The Kier molecular flexibility index (Phi) is 10.3. The second-order valence-corrected chi connectivity index (χ2v) is 11.0. The quantitative estimate of drug-likeness (QED) is 0.429. The van der Waals surface area contributed by atoms with Crippen LogP contribution in [0.4, 0.5) is 10.5 Å². The Bertz CT molecular complexity index is 1100. The zero-order chi connectivity index (χ0) is 27.9. The van der Waals surface area contributed by atoms with Crippen LogP contribution in [0.5, 0.6) is 0 Å². The Morgan fingerprint density at radius 2 is 1.62 bits per heavy atom. The minimum Gasteiger partial charge on any atom is -0.444 e. The van der Waals surface area contributed by atoms with E-state index in [1.165, 1.54) is 0 Å². The number of benzene rings is 2. The number of amides is 3. The van der Waals surface area contributed by atoms with Crippen LogP contribution in [-0.2, 0) is 14.3 Å². The van der Waals surface area contributed by atoms with Crippen LogP contribution in [-0.4, -0.2) is 41.0 Å². The van der Waals surface area contributed by atoms with Gasteiger partial charge in [-0.1, -0.05) is 55.8 Å². The summed E-state index contributed by atoms with van der Waals surface area (Å²) in [5.74, 6) is -0.507. The minimum atomic E-state index is -0.882. The van der Waals surface area contributed by atoms with Gasteiger partial charge in [0.2, 0.25) is 5.91 Å². The van der Waals surface area contributed by atoms with Crippen molar-refractivity contribution in [3.63, 3.8) is 0 Å². The standard InChI is InChI=1S/C30H43N3O4/c1-10-33(28(35)25(17-19(2)3)32-29(36)37-30(7,8)9)26(23-16-15-20(4)18-22(23)6)27(34)31-24-14-12-11-13-21(24)5/h11-16,18-19,25-26H,10,17H2,1-9H3,(H,31,34)(H,32,36). The number of carbonyl (C=O) groups is 3. The maximum atomic E-state index is 14.0. The minimum absolute atomic E-state index is 0.128. The molecule has 2 N–H and O–H groups in total. The zero-order valence-corrected chi connectivity index (χ0v) is 23.8. The zero-order valence-electron chi connectivity index (χ0n) is 23.8. The van der Waals surface area contributed by atoms with Crippen LogP contribution >= 0.6 is 0 Å². The van der Waals surface area contributed by atoms with E-state index >= 15 is 0 Å². The number of nitrogens with zero attached hydrogens (tertiary/aromatic N) is 1. The van der Waals surface area contributed by atoms with Crippen molar-refractivity contribution in [3.05, 3.63) is 64.7 Å². The van der Waals surface area contributed by atoms with E-state index in [1.807, 2.05) is 84.0 Å². The van der Waals surface area contributed by atoms with Gasteiger partial charge in [0.25, 0.3) is 5.91 Å². The number of ether oxygens (including phenoxy) is 1. The molecule has 0 fully saturated rings. The summed E-state index contributed by atoms with van der Waals surface area (Å²) in [5, 5.41) is 5.79. The molecule has 0 aromatic heterocycles. The van der Waals surface area contributed by atoms with Gasteiger partial charge >= 0.3 is 6.09 Å². The van der Waals surface area contributed by atoms with Crippen molar-refractivity contribution in [1.29, 1.82) is 0 Å². The number of rotatable bonds is 9. The largest absolute Gasteiger partial charge is 0.444 e. The normalized spacial score (nSPS) is 13.0. The average molecular weight is 510 g/mol.